The van der Waals surface area contributed by atoms with Crippen molar-refractivity contribution >= 4 is 61.2 Å². The first-order valence-corrected chi connectivity index (χ1v) is 15.3. The Morgan fingerprint density at radius 2 is 1.56 bits per heavy atom. The van der Waals surface area contributed by atoms with E-state index in [1.54, 1.807) is 0 Å². The van der Waals surface area contributed by atoms with Crippen molar-refractivity contribution in [2.45, 2.75) is 38.1 Å². The zero-order valence-electron chi connectivity index (χ0n) is 22.1. The Hall–Kier alpha value is -3.74. The van der Waals surface area contributed by atoms with Gasteiger partial charge in [0, 0.05) is 29.5 Å². The maximum absolute atomic E-state index is 5.18. The van der Waals surface area contributed by atoms with Crippen LogP contribution in [0.15, 0.2) is 101 Å². The maximum Gasteiger partial charge on any atom is 0.272 e. The fraction of sp³-hybridized carbons (Fsp3) is 0.182. The molecule has 7 rings (SSSR count). The van der Waals surface area contributed by atoms with Crippen molar-refractivity contribution in [2.75, 3.05) is 11.4 Å². The number of fused-ring (bicyclic) bond motifs is 4. The molecule has 0 unspecified atom stereocenters. The molecule has 0 saturated heterocycles. The summed E-state index contributed by atoms with van der Waals surface area (Å²) in [6, 6.07) is 25.6. The van der Waals surface area contributed by atoms with Gasteiger partial charge in [-0.3, -0.25) is 0 Å². The molecule has 39 heavy (non-hydrogen) atoms. The van der Waals surface area contributed by atoms with Crippen LogP contribution in [0.1, 0.15) is 43.1 Å². The summed E-state index contributed by atoms with van der Waals surface area (Å²) in [5, 5.41) is 2.50. The van der Waals surface area contributed by atoms with Gasteiger partial charge in [-0.25, -0.2) is 9.97 Å². The molecule has 0 saturated carbocycles. The molecule has 2 aliphatic rings. The predicted octanol–water partition coefficient (Wildman–Crippen LogP) is 8.23. The molecule has 1 aliphatic carbocycles. The summed E-state index contributed by atoms with van der Waals surface area (Å²) in [5.74, 6) is 0. The van der Waals surface area contributed by atoms with Crippen molar-refractivity contribution in [2.24, 2.45) is 0 Å². The van der Waals surface area contributed by atoms with Crippen LogP contribution in [-0.2, 0) is 6.54 Å². The number of hydrogen-bond donors (Lipinski definition) is 0. The van der Waals surface area contributed by atoms with Gasteiger partial charge in [0.05, 0.1) is 33.0 Å². The van der Waals surface area contributed by atoms with E-state index in [4.69, 9.17) is 9.97 Å². The Morgan fingerprint density at radius 3 is 2.38 bits per heavy atom. The maximum atomic E-state index is 5.18. The number of thioether (sulfide) groups is 1. The molecule has 5 aromatic rings. The summed E-state index contributed by atoms with van der Waals surface area (Å²) in [5.41, 5.74) is 8.65. The van der Waals surface area contributed by atoms with E-state index in [2.05, 4.69) is 102 Å². The second kappa shape index (κ2) is 10.1. The molecule has 3 aromatic carbocycles. The monoisotopic (exact) mass is 545 g/mol. The number of rotatable bonds is 6. The van der Waals surface area contributed by atoms with Gasteiger partial charge in [-0.2, -0.15) is 4.57 Å². The number of anilines is 1. The lowest BCUT2D eigenvalue weighted by molar-refractivity contribution is -0.669. The van der Waals surface area contributed by atoms with Crippen molar-refractivity contribution in [1.82, 2.24) is 9.97 Å². The average Bonchev–Trinajstić information content (AvgIpc) is 3.63. The highest BCUT2D eigenvalue weighted by Crippen LogP contribution is 2.46. The molecule has 0 fully saturated rings. The number of nitrogens with zero attached hydrogens (tertiary/aromatic N) is 4. The zero-order chi connectivity index (χ0) is 26.3. The first kappa shape index (κ1) is 24.3. The lowest BCUT2D eigenvalue weighted by Gasteiger charge is -2.19. The Balaban J connectivity index is 1.40. The standard InChI is InChI=1S/C33H29N4S2/c1-3-19-36-26-13-7-9-15-28(26)38-30(36)18-17-22-21-23(32-31(22)34-24-11-5-6-12-25(24)35-32)33-37(20-4-2)27-14-8-10-16-29(27)39-33/h5-18,21H,3-4,19-20H2,1-2H3/q+1. The van der Waals surface area contributed by atoms with Gasteiger partial charge in [-0.1, -0.05) is 79.4 Å². The van der Waals surface area contributed by atoms with Gasteiger partial charge >= 0.3 is 0 Å². The third-order valence-corrected chi connectivity index (χ3v) is 9.50. The van der Waals surface area contributed by atoms with Crippen LogP contribution in [0.4, 0.5) is 5.69 Å². The number of aromatic nitrogens is 3. The van der Waals surface area contributed by atoms with E-state index in [0.29, 0.717) is 0 Å². The molecule has 192 valence electrons. The SMILES string of the molecule is CCCN1/C(=C/C=C2/C=C(c3sc4ccccc4[n+]3CCC)c3nc4ccccc4nc32)Sc2ccccc21. The zero-order valence-corrected chi connectivity index (χ0v) is 23.7. The van der Waals surface area contributed by atoms with Crippen LogP contribution in [0.5, 0.6) is 0 Å². The molecule has 3 heterocycles. The fourth-order valence-electron chi connectivity index (χ4n) is 5.44. The van der Waals surface area contributed by atoms with Gasteiger partial charge in [-0.15, -0.1) is 0 Å². The van der Waals surface area contributed by atoms with Gasteiger partial charge in [0.1, 0.15) is 16.9 Å². The highest BCUT2D eigenvalue weighted by Gasteiger charge is 2.32. The minimum Gasteiger partial charge on any atom is -0.335 e. The molecule has 0 amide bonds. The lowest BCUT2D eigenvalue weighted by Crippen LogP contribution is -2.35. The van der Waals surface area contributed by atoms with Gasteiger partial charge in [-0.05, 0) is 48.9 Å². The average molecular weight is 546 g/mol. The second-order valence-corrected chi connectivity index (χ2v) is 11.9. The molecule has 0 spiro atoms. The molecular formula is C33H29N4S2+. The third kappa shape index (κ3) is 4.19. The number of para-hydroxylation sites is 4. The molecule has 0 atom stereocenters. The molecule has 0 bridgehead atoms. The van der Waals surface area contributed by atoms with Crippen LogP contribution in [0.2, 0.25) is 0 Å². The van der Waals surface area contributed by atoms with Crippen LogP contribution in [0, 0.1) is 0 Å². The summed E-state index contributed by atoms with van der Waals surface area (Å²) >= 11 is 3.69. The van der Waals surface area contributed by atoms with Gasteiger partial charge in [0.15, 0.2) is 0 Å². The number of thiazole rings is 1. The van der Waals surface area contributed by atoms with Gasteiger partial charge < -0.3 is 4.90 Å². The molecule has 0 N–H and O–H groups in total. The normalized spacial score (nSPS) is 16.5. The Kier molecular flexibility index (Phi) is 6.30. The van der Waals surface area contributed by atoms with Crippen LogP contribution in [0.25, 0.3) is 32.4 Å². The van der Waals surface area contributed by atoms with Crippen molar-refractivity contribution in [3.05, 3.63) is 112 Å². The quantitative estimate of drug-likeness (QED) is 0.201. The highest BCUT2D eigenvalue weighted by atomic mass is 32.2. The third-order valence-electron chi connectivity index (χ3n) is 7.17. The molecule has 0 radical (unpaired) electrons. The van der Waals surface area contributed by atoms with Crippen molar-refractivity contribution in [1.29, 1.82) is 0 Å². The smallest absolute Gasteiger partial charge is 0.272 e. The van der Waals surface area contributed by atoms with Crippen molar-refractivity contribution < 1.29 is 4.57 Å². The number of allylic oxidation sites excluding steroid dienone is 4. The van der Waals surface area contributed by atoms with Crippen LogP contribution in [-0.4, -0.2) is 16.5 Å². The second-order valence-electron chi connectivity index (χ2n) is 9.84. The summed E-state index contributed by atoms with van der Waals surface area (Å²) in [6.07, 6.45) is 8.97. The minimum absolute atomic E-state index is 0.928. The van der Waals surface area contributed by atoms with E-state index in [1.165, 1.54) is 30.8 Å². The Bertz CT molecular complexity index is 1830. The Morgan fingerprint density at radius 1 is 0.821 bits per heavy atom. The van der Waals surface area contributed by atoms with Crippen LogP contribution in [0.3, 0.4) is 0 Å². The molecule has 6 heteroatoms. The van der Waals surface area contributed by atoms with E-state index in [9.17, 15) is 0 Å². The van der Waals surface area contributed by atoms with E-state index in [1.807, 2.05) is 35.2 Å². The van der Waals surface area contributed by atoms with Crippen LogP contribution >= 0.6 is 23.1 Å². The minimum atomic E-state index is 0.928. The molecular weight excluding hydrogens is 517 g/mol. The van der Waals surface area contributed by atoms with Gasteiger partial charge in [0.2, 0.25) is 5.52 Å². The number of benzene rings is 3. The number of hydrogen-bond acceptors (Lipinski definition) is 5. The van der Waals surface area contributed by atoms with E-state index in [-0.39, 0.29) is 0 Å². The molecule has 2 aromatic heterocycles. The molecule has 4 nitrogen and oxygen atoms in total. The van der Waals surface area contributed by atoms with E-state index >= 15 is 0 Å². The summed E-state index contributed by atoms with van der Waals surface area (Å²) < 4.78 is 3.76. The van der Waals surface area contributed by atoms with Crippen molar-refractivity contribution in [3.63, 3.8) is 0 Å². The predicted molar refractivity (Wildman–Crippen MR) is 165 cm³/mol. The first-order chi connectivity index (χ1) is 19.2. The lowest BCUT2D eigenvalue weighted by atomic mass is 10.2. The summed E-state index contributed by atoms with van der Waals surface area (Å²) in [6.45, 7) is 6.45. The summed E-state index contributed by atoms with van der Waals surface area (Å²) in [4.78, 5) is 14.1. The van der Waals surface area contributed by atoms with Crippen molar-refractivity contribution in [3.8, 4) is 0 Å². The van der Waals surface area contributed by atoms with E-state index in [0.717, 1.165) is 59.5 Å². The Labute approximate surface area is 237 Å². The van der Waals surface area contributed by atoms with E-state index < -0.39 is 0 Å². The fourth-order valence-corrected chi connectivity index (χ4v) is 7.74. The van der Waals surface area contributed by atoms with Gasteiger partial charge in [0.25, 0.3) is 5.01 Å². The largest absolute Gasteiger partial charge is 0.335 e. The highest BCUT2D eigenvalue weighted by molar-refractivity contribution is 8.03. The molecule has 1 aliphatic heterocycles. The number of aryl methyl sites for hydroxylation is 1. The topological polar surface area (TPSA) is 32.9 Å². The van der Waals surface area contributed by atoms with Crippen LogP contribution < -0.4 is 9.47 Å². The summed E-state index contributed by atoms with van der Waals surface area (Å²) in [7, 11) is 0. The first-order valence-electron chi connectivity index (χ1n) is 13.6.